The first kappa shape index (κ1) is 16.3. The molecule has 0 aliphatic carbocycles. The summed E-state index contributed by atoms with van der Waals surface area (Å²) in [5, 5.41) is 2.90. The fourth-order valence-corrected chi connectivity index (χ4v) is 3.57. The monoisotopic (exact) mass is 423 g/mol. The second kappa shape index (κ2) is 7.79. The summed E-state index contributed by atoms with van der Waals surface area (Å²) >= 11 is 2.34. The zero-order valence-electron chi connectivity index (χ0n) is 12.5. The van der Waals surface area contributed by atoms with E-state index in [1.807, 2.05) is 60.7 Å². The fourth-order valence-electron chi connectivity index (χ4n) is 2.56. The molecular weight excluding hydrogens is 405 g/mol. The maximum Gasteiger partial charge on any atom is 0.407 e. The molecular formula is C18H18INO3. The molecule has 2 aromatic carbocycles. The van der Waals surface area contributed by atoms with Gasteiger partial charge in [-0.1, -0.05) is 83.3 Å². The van der Waals surface area contributed by atoms with Gasteiger partial charge in [-0.3, -0.25) is 0 Å². The van der Waals surface area contributed by atoms with Crippen molar-refractivity contribution in [1.29, 1.82) is 0 Å². The Kier molecular flexibility index (Phi) is 5.51. The van der Waals surface area contributed by atoms with Gasteiger partial charge >= 0.3 is 6.09 Å². The normalized spacial score (nSPS) is 23.4. The van der Waals surface area contributed by atoms with Crippen molar-refractivity contribution >= 4 is 28.7 Å². The van der Waals surface area contributed by atoms with Gasteiger partial charge in [0.05, 0.1) is 22.7 Å². The molecule has 1 amide bonds. The van der Waals surface area contributed by atoms with Crippen LogP contribution in [0.1, 0.15) is 17.2 Å². The van der Waals surface area contributed by atoms with Crippen LogP contribution in [-0.2, 0) is 16.1 Å². The number of nitrogens with one attached hydrogen (secondary N) is 1. The van der Waals surface area contributed by atoms with Crippen LogP contribution in [0.15, 0.2) is 60.7 Å². The van der Waals surface area contributed by atoms with Crippen LogP contribution in [0.3, 0.4) is 0 Å². The summed E-state index contributed by atoms with van der Waals surface area (Å²) in [6.07, 6.45) is -0.408. The summed E-state index contributed by atoms with van der Waals surface area (Å²) in [6.45, 7) is 0.766. The first-order valence-corrected chi connectivity index (χ1v) is 8.76. The van der Waals surface area contributed by atoms with Gasteiger partial charge < -0.3 is 14.8 Å². The first-order chi connectivity index (χ1) is 11.2. The Hall–Kier alpha value is -1.60. The predicted octanol–water partition coefficient (Wildman–Crippen LogP) is 3.86. The van der Waals surface area contributed by atoms with Gasteiger partial charge in [-0.25, -0.2) is 4.79 Å². The van der Waals surface area contributed by atoms with E-state index in [-0.39, 0.29) is 22.7 Å². The molecule has 1 aliphatic rings. The molecule has 1 aliphatic heterocycles. The molecule has 3 rings (SSSR count). The topological polar surface area (TPSA) is 47.6 Å². The number of hydrogen-bond donors (Lipinski definition) is 1. The van der Waals surface area contributed by atoms with Crippen molar-refractivity contribution in [2.75, 3.05) is 6.61 Å². The molecule has 3 atom stereocenters. The number of benzene rings is 2. The van der Waals surface area contributed by atoms with Crippen molar-refractivity contribution in [2.45, 2.75) is 22.7 Å². The van der Waals surface area contributed by atoms with E-state index < -0.39 is 6.09 Å². The minimum atomic E-state index is -0.405. The Morgan fingerprint density at radius 2 is 1.78 bits per heavy atom. The van der Waals surface area contributed by atoms with E-state index in [1.54, 1.807) is 0 Å². The summed E-state index contributed by atoms with van der Waals surface area (Å²) in [7, 11) is 0. The number of alkyl halides is 1. The summed E-state index contributed by atoms with van der Waals surface area (Å²) in [4.78, 5) is 12.0. The van der Waals surface area contributed by atoms with Crippen LogP contribution in [0.2, 0.25) is 0 Å². The van der Waals surface area contributed by atoms with Gasteiger partial charge in [0.1, 0.15) is 6.61 Å². The average molecular weight is 423 g/mol. The molecule has 0 unspecified atom stereocenters. The Morgan fingerprint density at radius 1 is 1.13 bits per heavy atom. The Morgan fingerprint density at radius 3 is 2.48 bits per heavy atom. The number of amides is 1. The molecule has 0 radical (unpaired) electrons. The van der Waals surface area contributed by atoms with Crippen LogP contribution in [0.5, 0.6) is 0 Å². The number of carbonyl (C=O) groups excluding carboxylic acids is 1. The summed E-state index contributed by atoms with van der Waals surface area (Å²) < 4.78 is 11.3. The van der Waals surface area contributed by atoms with Gasteiger partial charge in [0, 0.05) is 0 Å². The number of alkyl carbamates (subject to hydrolysis) is 1. The van der Waals surface area contributed by atoms with Crippen LogP contribution in [0, 0.1) is 0 Å². The molecule has 120 valence electrons. The minimum absolute atomic E-state index is 0.00350. The molecule has 5 heteroatoms. The maximum atomic E-state index is 12.0. The highest BCUT2D eigenvalue weighted by molar-refractivity contribution is 14.1. The quantitative estimate of drug-likeness (QED) is 0.601. The zero-order valence-corrected chi connectivity index (χ0v) is 14.7. The number of carbonyl (C=O) groups is 1. The lowest BCUT2D eigenvalue weighted by Gasteiger charge is -2.18. The van der Waals surface area contributed by atoms with E-state index in [4.69, 9.17) is 9.47 Å². The Bertz CT molecular complexity index is 635. The lowest BCUT2D eigenvalue weighted by Crippen LogP contribution is -2.40. The smallest absolute Gasteiger partial charge is 0.407 e. The van der Waals surface area contributed by atoms with Crippen molar-refractivity contribution in [1.82, 2.24) is 5.32 Å². The number of hydrogen-bond acceptors (Lipinski definition) is 3. The molecule has 4 nitrogen and oxygen atoms in total. The second-order valence-electron chi connectivity index (χ2n) is 5.42. The first-order valence-electron chi connectivity index (χ1n) is 7.52. The molecule has 1 N–H and O–H groups in total. The van der Waals surface area contributed by atoms with Crippen LogP contribution in [-0.4, -0.2) is 22.7 Å². The molecule has 1 fully saturated rings. The largest absolute Gasteiger partial charge is 0.445 e. The van der Waals surface area contributed by atoms with E-state index in [0.29, 0.717) is 6.61 Å². The molecule has 0 aromatic heterocycles. The molecule has 0 spiro atoms. The summed E-state index contributed by atoms with van der Waals surface area (Å²) in [6, 6.07) is 19.7. The number of rotatable bonds is 4. The van der Waals surface area contributed by atoms with Crippen LogP contribution in [0.25, 0.3) is 0 Å². The standard InChI is InChI=1S/C18H18INO3/c19-16-15(12-22-17(16)14-9-5-2-6-10-14)20-18(21)23-11-13-7-3-1-4-8-13/h1-10,15-17H,11-12H2,(H,20,21)/t15-,16+,17-/m0/s1. The highest BCUT2D eigenvalue weighted by atomic mass is 127. The second-order valence-corrected chi connectivity index (χ2v) is 6.86. The fraction of sp³-hybridized carbons (Fsp3) is 0.278. The van der Waals surface area contributed by atoms with E-state index in [1.165, 1.54) is 0 Å². The van der Waals surface area contributed by atoms with Gasteiger partial charge in [-0.2, -0.15) is 0 Å². The average Bonchev–Trinajstić information content (AvgIpc) is 2.95. The SMILES string of the molecule is O=C(N[C@H]1CO[C@@H](c2ccccc2)[C@@H]1I)OCc1ccccc1. The van der Waals surface area contributed by atoms with E-state index in [2.05, 4.69) is 27.9 Å². The molecule has 1 heterocycles. The van der Waals surface area contributed by atoms with Crippen molar-refractivity contribution in [3.8, 4) is 0 Å². The highest BCUT2D eigenvalue weighted by Crippen LogP contribution is 2.34. The van der Waals surface area contributed by atoms with Crippen LogP contribution < -0.4 is 5.32 Å². The molecule has 0 bridgehead atoms. The lowest BCUT2D eigenvalue weighted by atomic mass is 10.1. The highest BCUT2D eigenvalue weighted by Gasteiger charge is 2.37. The van der Waals surface area contributed by atoms with Gasteiger partial charge in [-0.15, -0.1) is 0 Å². The lowest BCUT2D eigenvalue weighted by molar-refractivity contribution is 0.108. The number of ether oxygens (including phenoxy) is 2. The molecule has 1 saturated heterocycles. The van der Waals surface area contributed by atoms with Crippen molar-refractivity contribution < 1.29 is 14.3 Å². The summed E-state index contributed by atoms with van der Waals surface area (Å²) in [5.41, 5.74) is 2.10. The molecule has 2 aromatic rings. The third kappa shape index (κ3) is 4.23. The van der Waals surface area contributed by atoms with Crippen LogP contribution in [0.4, 0.5) is 4.79 Å². The predicted molar refractivity (Wildman–Crippen MR) is 96.5 cm³/mol. The maximum absolute atomic E-state index is 12.0. The van der Waals surface area contributed by atoms with E-state index in [9.17, 15) is 4.79 Å². The zero-order chi connectivity index (χ0) is 16.1. The van der Waals surface area contributed by atoms with Gasteiger partial charge in [-0.05, 0) is 11.1 Å². The molecule has 0 saturated carbocycles. The third-order valence-electron chi connectivity index (χ3n) is 3.77. The van der Waals surface area contributed by atoms with E-state index in [0.717, 1.165) is 11.1 Å². The van der Waals surface area contributed by atoms with Gasteiger partial charge in [0.15, 0.2) is 0 Å². The molecule has 23 heavy (non-hydrogen) atoms. The van der Waals surface area contributed by atoms with Crippen molar-refractivity contribution in [2.24, 2.45) is 0 Å². The number of halogens is 1. The van der Waals surface area contributed by atoms with Crippen molar-refractivity contribution in [3.63, 3.8) is 0 Å². The van der Waals surface area contributed by atoms with Crippen molar-refractivity contribution in [3.05, 3.63) is 71.8 Å². The summed E-state index contributed by atoms with van der Waals surface area (Å²) in [5.74, 6) is 0. The Labute approximate surface area is 149 Å². The third-order valence-corrected chi connectivity index (χ3v) is 5.29. The van der Waals surface area contributed by atoms with Crippen LogP contribution >= 0.6 is 22.6 Å². The van der Waals surface area contributed by atoms with Gasteiger partial charge in [0.25, 0.3) is 0 Å². The van der Waals surface area contributed by atoms with Gasteiger partial charge in [0.2, 0.25) is 0 Å². The minimum Gasteiger partial charge on any atom is -0.445 e. The Balaban J connectivity index is 1.51. The van der Waals surface area contributed by atoms with E-state index >= 15 is 0 Å².